The van der Waals surface area contributed by atoms with Crippen LogP contribution in [0.25, 0.3) is 0 Å². The smallest absolute Gasteiger partial charge is 0.400 e. The molecule has 3 aliphatic heterocycles. The summed E-state index contributed by atoms with van der Waals surface area (Å²) in [7, 11) is 2.95. The van der Waals surface area contributed by atoms with E-state index in [-0.39, 0.29) is 18.9 Å². The van der Waals surface area contributed by atoms with Crippen molar-refractivity contribution >= 4 is 26.9 Å². The quantitative estimate of drug-likeness (QED) is 0.538. The molecule has 0 amide bonds. The van der Waals surface area contributed by atoms with Crippen molar-refractivity contribution in [3.63, 3.8) is 0 Å². The molecule has 12 heteroatoms. The summed E-state index contributed by atoms with van der Waals surface area (Å²) in [4.78, 5) is 10.6. The van der Waals surface area contributed by atoms with Crippen LogP contribution in [-0.4, -0.2) is 60.9 Å². The number of aliphatic hydroxyl groups excluding tert-OH is 1. The van der Waals surface area contributed by atoms with Crippen molar-refractivity contribution in [3.05, 3.63) is 35.6 Å². The first-order valence-electron chi connectivity index (χ1n) is 7.56. The summed E-state index contributed by atoms with van der Waals surface area (Å²) in [5.41, 5.74) is 0.855. The lowest BCUT2D eigenvalue weighted by atomic mass is 10.3. The average molecular weight is 435 g/mol. The number of quaternary nitrogens is 1. The standard InChI is InChI=1S/C13H12BrF3N7.CH4O/c1-24-5-2-18-6-8(24)10(19-12(24)14)22-3-4-23-9(7-22)20-21-11(23)13(15,16)17;1-2/h2,5-6H,3-4,7H2,1H3;2H,1H3/q+1;. The summed E-state index contributed by atoms with van der Waals surface area (Å²) in [5, 5.41) is 14.0. The molecule has 1 N–H and O–H groups in total. The zero-order chi connectivity index (χ0) is 19.1. The lowest BCUT2D eigenvalue weighted by Crippen LogP contribution is -2.41. The summed E-state index contributed by atoms with van der Waals surface area (Å²) in [6, 6.07) is 0. The van der Waals surface area contributed by atoms with Crippen LogP contribution < -0.4 is 0 Å². The van der Waals surface area contributed by atoms with Gasteiger partial charge in [0, 0.05) is 36.1 Å². The van der Waals surface area contributed by atoms with Gasteiger partial charge in [-0.15, -0.1) is 10.2 Å². The molecule has 4 heterocycles. The average Bonchev–Trinajstić information content (AvgIpc) is 3.15. The molecule has 140 valence electrons. The van der Waals surface area contributed by atoms with Crippen molar-refractivity contribution in [2.24, 2.45) is 9.98 Å². The third-order valence-corrected chi connectivity index (χ3v) is 5.18. The highest BCUT2D eigenvalue weighted by Crippen LogP contribution is 2.36. The van der Waals surface area contributed by atoms with Gasteiger partial charge in [0.2, 0.25) is 11.5 Å². The van der Waals surface area contributed by atoms with Crippen LogP contribution in [0.4, 0.5) is 13.2 Å². The maximum absolute atomic E-state index is 12.9. The summed E-state index contributed by atoms with van der Waals surface area (Å²) >= 11 is 3.46. The van der Waals surface area contributed by atoms with Crippen molar-refractivity contribution in [3.8, 4) is 0 Å². The van der Waals surface area contributed by atoms with Crippen LogP contribution in [0, 0.1) is 0 Å². The molecule has 1 aromatic heterocycles. The Hall–Kier alpha value is -2.05. The number of halogens is 4. The molecule has 0 spiro atoms. The van der Waals surface area contributed by atoms with E-state index in [1.54, 1.807) is 12.4 Å². The molecule has 0 aromatic carbocycles. The third-order valence-electron chi connectivity index (χ3n) is 4.26. The van der Waals surface area contributed by atoms with Crippen LogP contribution in [0.5, 0.6) is 0 Å². The first-order chi connectivity index (χ1) is 12.3. The Labute approximate surface area is 155 Å². The molecule has 1 aromatic rings. The monoisotopic (exact) mass is 434 g/mol. The maximum atomic E-state index is 12.9. The molecule has 0 radical (unpaired) electrons. The minimum atomic E-state index is -4.50. The summed E-state index contributed by atoms with van der Waals surface area (Å²) in [5.74, 6) is 0.00589. The van der Waals surface area contributed by atoms with E-state index in [1.807, 2.05) is 18.1 Å². The van der Waals surface area contributed by atoms with Crippen LogP contribution in [0.3, 0.4) is 0 Å². The molecule has 3 aliphatic rings. The van der Waals surface area contributed by atoms with Crippen LogP contribution in [0.2, 0.25) is 0 Å². The molecule has 0 bridgehead atoms. The van der Waals surface area contributed by atoms with Crippen LogP contribution >= 0.6 is 15.9 Å². The van der Waals surface area contributed by atoms with Gasteiger partial charge in [-0.2, -0.15) is 18.2 Å². The molecule has 26 heavy (non-hydrogen) atoms. The van der Waals surface area contributed by atoms with Gasteiger partial charge in [-0.3, -0.25) is 4.99 Å². The molecule has 1 unspecified atom stereocenters. The Morgan fingerprint density at radius 2 is 1.96 bits per heavy atom. The lowest BCUT2D eigenvalue weighted by molar-refractivity contribution is -0.709. The van der Waals surface area contributed by atoms with E-state index in [4.69, 9.17) is 5.11 Å². The second-order valence-electron chi connectivity index (χ2n) is 5.75. The number of hydrogen-bond donors (Lipinski definition) is 1. The van der Waals surface area contributed by atoms with E-state index in [1.165, 1.54) is 0 Å². The fourth-order valence-corrected chi connectivity index (χ4v) is 3.42. The zero-order valence-electron chi connectivity index (χ0n) is 13.9. The van der Waals surface area contributed by atoms with Crippen LogP contribution in [0.1, 0.15) is 11.6 Å². The van der Waals surface area contributed by atoms with Crippen molar-refractivity contribution in [1.29, 1.82) is 0 Å². The Morgan fingerprint density at radius 3 is 2.65 bits per heavy atom. The minimum Gasteiger partial charge on any atom is -0.400 e. The number of aliphatic imine (C=N–C) groups is 2. The number of aliphatic hydroxyl groups is 1. The zero-order valence-corrected chi connectivity index (χ0v) is 15.5. The number of fused-ring (bicyclic) bond motifs is 2. The number of aromatic nitrogens is 3. The maximum Gasteiger partial charge on any atom is 0.451 e. The van der Waals surface area contributed by atoms with Gasteiger partial charge >= 0.3 is 6.18 Å². The van der Waals surface area contributed by atoms with E-state index < -0.39 is 12.0 Å². The second-order valence-corrected chi connectivity index (χ2v) is 6.46. The first kappa shape index (κ1) is 18.7. The van der Waals surface area contributed by atoms with E-state index in [0.717, 1.165) is 17.4 Å². The summed E-state index contributed by atoms with van der Waals surface area (Å²) in [6.45, 7) is 0.745. The van der Waals surface area contributed by atoms with Crippen molar-refractivity contribution < 1.29 is 22.8 Å². The fourth-order valence-electron chi connectivity index (χ4n) is 2.94. The topological polar surface area (TPSA) is 78.9 Å². The molecule has 8 nitrogen and oxygen atoms in total. The highest BCUT2D eigenvalue weighted by atomic mass is 79.9. The Kier molecular flexibility index (Phi) is 4.75. The number of alkyl halides is 3. The van der Waals surface area contributed by atoms with E-state index in [2.05, 4.69) is 36.1 Å². The van der Waals surface area contributed by atoms with Gasteiger partial charge in [-0.05, 0) is 0 Å². The highest BCUT2D eigenvalue weighted by molar-refractivity contribution is 9.18. The Bertz CT molecular complexity index is 842. The van der Waals surface area contributed by atoms with Gasteiger partial charge in [-0.25, -0.2) is 4.48 Å². The Balaban J connectivity index is 0.000000948. The predicted octanol–water partition coefficient (Wildman–Crippen LogP) is 1.66. The van der Waals surface area contributed by atoms with Gasteiger partial charge in [0.05, 0.1) is 26.0 Å². The van der Waals surface area contributed by atoms with Gasteiger partial charge in [0.15, 0.2) is 11.6 Å². The largest absolute Gasteiger partial charge is 0.451 e. The first-order valence-corrected chi connectivity index (χ1v) is 8.35. The summed E-state index contributed by atoms with van der Waals surface area (Å²) < 4.78 is 40.9. The van der Waals surface area contributed by atoms with Crippen molar-refractivity contribution in [1.82, 2.24) is 19.7 Å². The van der Waals surface area contributed by atoms with Crippen LogP contribution in [0.15, 0.2) is 33.9 Å². The van der Waals surface area contributed by atoms with Gasteiger partial charge in [0.1, 0.15) is 6.20 Å². The number of amidine groups is 1. The second kappa shape index (κ2) is 6.59. The number of nitrogens with zero attached hydrogens (tertiary/aromatic N) is 7. The SMILES string of the molecule is CO.C[N+]12C=CN=CC1=C(N1CCn3c(nnc3C(F)(F)F)C1)N=C2Br. The minimum absolute atomic E-state index is 0.151. The normalized spacial score (nSPS) is 24.1. The molecule has 0 saturated heterocycles. The number of allylic oxidation sites excluding steroid dienone is 1. The van der Waals surface area contributed by atoms with Gasteiger partial charge in [0.25, 0.3) is 4.74 Å². The van der Waals surface area contributed by atoms with E-state index >= 15 is 0 Å². The number of rotatable bonds is 1. The molecule has 0 aliphatic carbocycles. The van der Waals surface area contributed by atoms with Crippen molar-refractivity contribution in [2.75, 3.05) is 20.7 Å². The van der Waals surface area contributed by atoms with Gasteiger partial charge in [-0.1, -0.05) is 0 Å². The molecule has 1 atom stereocenters. The highest BCUT2D eigenvalue weighted by Gasteiger charge is 2.44. The van der Waals surface area contributed by atoms with E-state index in [9.17, 15) is 13.2 Å². The molecule has 0 fully saturated rings. The molecule has 0 saturated carbocycles. The van der Waals surface area contributed by atoms with E-state index in [0.29, 0.717) is 21.6 Å². The number of hydrogen-bond acceptors (Lipinski definition) is 6. The van der Waals surface area contributed by atoms with Crippen LogP contribution in [-0.2, 0) is 19.3 Å². The van der Waals surface area contributed by atoms with Crippen molar-refractivity contribution in [2.45, 2.75) is 19.3 Å². The molecule has 4 rings (SSSR count). The molecular formula is C14H16BrF3N7O+. The Morgan fingerprint density at radius 1 is 1.23 bits per heavy atom. The molecular weight excluding hydrogens is 419 g/mol. The fraction of sp³-hybridized carbons (Fsp3) is 0.429. The summed E-state index contributed by atoms with van der Waals surface area (Å²) in [6.07, 6.45) is 0.781. The van der Waals surface area contributed by atoms with Gasteiger partial charge < -0.3 is 14.6 Å². The predicted molar refractivity (Wildman–Crippen MR) is 90.8 cm³/mol. The third kappa shape index (κ3) is 2.87. The lowest BCUT2D eigenvalue weighted by Gasteiger charge is -2.30.